The Balaban J connectivity index is 3.94. The van der Waals surface area contributed by atoms with Crippen molar-refractivity contribution < 1.29 is 42.1 Å². The first-order valence-electron chi connectivity index (χ1n) is 40.8. The molecular weight excluding hydrogens is 1190 g/mol. The number of nitrogens with zero attached hydrogens (tertiary/aromatic N) is 1. The van der Waals surface area contributed by atoms with E-state index in [4.69, 9.17) is 18.5 Å². The van der Waals surface area contributed by atoms with Crippen LogP contribution in [-0.2, 0) is 32.7 Å². The molecule has 2 atom stereocenters. The number of hydrogen-bond donors (Lipinski definition) is 0. The lowest BCUT2D eigenvalue weighted by molar-refractivity contribution is -0.870. The molecule has 0 radical (unpaired) electrons. The topological polar surface area (TPSA) is 111 Å². The molecule has 10 heteroatoms. The van der Waals surface area contributed by atoms with Gasteiger partial charge >= 0.3 is 11.9 Å². The fourth-order valence-electron chi connectivity index (χ4n) is 12.0. The maximum absolute atomic E-state index is 12.9. The minimum absolute atomic E-state index is 0.0315. The van der Waals surface area contributed by atoms with Gasteiger partial charge in [-0.25, -0.2) is 0 Å². The maximum Gasteiger partial charge on any atom is 0.306 e. The highest BCUT2D eigenvalue weighted by Crippen LogP contribution is 2.38. The predicted octanol–water partition coefficient (Wildman–Crippen LogP) is 26.6. The predicted molar refractivity (Wildman–Crippen MR) is 411 cm³/mol. The summed E-state index contributed by atoms with van der Waals surface area (Å²) in [5.74, 6) is -0.818. The van der Waals surface area contributed by atoms with Crippen LogP contribution in [0.25, 0.3) is 0 Å². The van der Waals surface area contributed by atoms with Gasteiger partial charge in [-0.15, -0.1) is 0 Å². The third-order valence-corrected chi connectivity index (χ3v) is 19.1. The Hall–Kier alpha value is -2.81. The fourth-order valence-corrected chi connectivity index (χ4v) is 12.7. The molecule has 0 spiro atoms. The zero-order valence-electron chi connectivity index (χ0n) is 63.4. The van der Waals surface area contributed by atoms with Gasteiger partial charge in [0.2, 0.25) is 0 Å². The summed E-state index contributed by atoms with van der Waals surface area (Å²) in [7, 11) is 1.18. The molecule has 2 unspecified atom stereocenters. The minimum Gasteiger partial charge on any atom is -0.756 e. The molecule has 0 aromatic heterocycles. The highest BCUT2D eigenvalue weighted by Gasteiger charge is 2.22. The number of carbonyl (C=O) groups excluding carboxylic acids is 2. The van der Waals surface area contributed by atoms with Gasteiger partial charge in [-0.05, 0) is 70.6 Å². The highest BCUT2D eigenvalue weighted by molar-refractivity contribution is 7.45. The molecule has 0 aliphatic heterocycles. The number of rotatable bonds is 76. The zero-order chi connectivity index (χ0) is 69.0. The maximum atomic E-state index is 12.9. The fraction of sp³-hybridized carbons (Fsp3) is 0.812. The van der Waals surface area contributed by atoms with E-state index < -0.39 is 26.5 Å². The monoisotopic (exact) mass is 1350 g/mol. The Labute approximate surface area is 590 Å². The number of phosphoric ester groups is 1. The van der Waals surface area contributed by atoms with E-state index in [1.807, 2.05) is 21.1 Å². The quantitative estimate of drug-likeness (QED) is 0.0195. The van der Waals surface area contributed by atoms with Gasteiger partial charge in [-0.1, -0.05) is 394 Å². The summed E-state index contributed by atoms with van der Waals surface area (Å²) in [6, 6.07) is 0. The second-order valence-corrected chi connectivity index (χ2v) is 30.2. The summed E-state index contributed by atoms with van der Waals surface area (Å²) >= 11 is 0. The van der Waals surface area contributed by atoms with Crippen LogP contribution >= 0.6 is 7.82 Å². The van der Waals surface area contributed by atoms with Crippen molar-refractivity contribution in [3.8, 4) is 0 Å². The number of phosphoric acid groups is 1. The van der Waals surface area contributed by atoms with E-state index in [0.717, 1.165) is 83.5 Å². The van der Waals surface area contributed by atoms with Gasteiger partial charge in [-0.2, -0.15) is 0 Å². The van der Waals surface area contributed by atoms with Crippen LogP contribution in [0.4, 0.5) is 0 Å². The molecule has 0 bridgehead atoms. The third-order valence-electron chi connectivity index (χ3n) is 18.2. The molecule has 0 N–H and O–H groups in total. The largest absolute Gasteiger partial charge is 0.756 e. The molecule has 95 heavy (non-hydrogen) atoms. The van der Waals surface area contributed by atoms with Gasteiger partial charge in [0.25, 0.3) is 7.82 Å². The molecule has 0 rings (SSSR count). The first kappa shape index (κ1) is 92.2. The van der Waals surface area contributed by atoms with Crippen molar-refractivity contribution >= 4 is 19.8 Å². The number of unbranched alkanes of at least 4 members (excludes halogenated alkanes) is 48. The zero-order valence-corrected chi connectivity index (χ0v) is 64.3. The van der Waals surface area contributed by atoms with Crippen LogP contribution in [0.2, 0.25) is 0 Å². The van der Waals surface area contributed by atoms with Crippen molar-refractivity contribution in [3.05, 3.63) is 85.1 Å². The van der Waals surface area contributed by atoms with Crippen LogP contribution in [0, 0.1) is 0 Å². The average molecular weight is 1350 g/mol. The van der Waals surface area contributed by atoms with E-state index in [0.29, 0.717) is 17.4 Å². The Morgan fingerprint density at radius 2 is 0.600 bits per heavy atom. The summed E-state index contributed by atoms with van der Waals surface area (Å²) in [4.78, 5) is 38.2. The van der Waals surface area contributed by atoms with E-state index in [1.54, 1.807) is 0 Å². The van der Waals surface area contributed by atoms with E-state index in [2.05, 4.69) is 98.9 Å². The SMILES string of the molecule is CC/C=C\C/C=C\C/C=C\C/C=C\C/C=C\C/C=C\C/C=C\CCCCCCCCCCCCCCCC(=O)OC(COC(=O)CCCCCCCCCCCCCCCCCCCCCCCCCCCCCCCCCCCCCC)COP(=O)([O-])OCC[N+](C)(C)C. The number of allylic oxidation sites excluding steroid dienone is 14. The molecular formula is C85H156NO8P. The molecule has 0 heterocycles. The lowest BCUT2D eigenvalue weighted by atomic mass is 10.0. The number of carbonyl (C=O) groups is 2. The molecule has 9 nitrogen and oxygen atoms in total. The molecule has 0 amide bonds. The van der Waals surface area contributed by atoms with Crippen LogP contribution in [0.5, 0.6) is 0 Å². The van der Waals surface area contributed by atoms with Gasteiger partial charge in [0.1, 0.15) is 19.8 Å². The second-order valence-electron chi connectivity index (χ2n) is 28.8. The normalized spacial score (nSPS) is 13.5. The van der Waals surface area contributed by atoms with E-state index in [9.17, 15) is 19.0 Å². The Morgan fingerprint density at radius 1 is 0.337 bits per heavy atom. The molecule has 0 saturated heterocycles. The van der Waals surface area contributed by atoms with Gasteiger partial charge in [0.05, 0.1) is 27.7 Å². The number of likely N-dealkylation sites (N-methyl/N-ethyl adjacent to an activating group) is 1. The van der Waals surface area contributed by atoms with Crippen molar-refractivity contribution in [2.75, 3.05) is 47.5 Å². The smallest absolute Gasteiger partial charge is 0.306 e. The second kappa shape index (κ2) is 75.4. The first-order valence-corrected chi connectivity index (χ1v) is 42.3. The molecule has 0 saturated carbocycles. The number of esters is 2. The number of ether oxygens (including phenoxy) is 2. The van der Waals surface area contributed by atoms with Crippen LogP contribution in [0.15, 0.2) is 85.1 Å². The molecule has 0 aromatic rings. The lowest BCUT2D eigenvalue weighted by Crippen LogP contribution is -2.37. The standard InChI is InChI=1S/C85H156NO8P/c1-6-8-10-12-14-16-18-20-22-24-26-28-30-32-34-36-38-40-42-44-45-47-49-51-53-55-57-59-61-63-65-67-69-71-73-75-77-84(87)91-81-83(82-93-95(89,90)92-80-79-86(3,4)5)94-85(88)78-76-74-72-70-68-66-64-62-60-58-56-54-52-50-48-46-43-41-39-37-35-33-31-29-27-25-23-21-19-17-15-13-11-9-7-2/h9,11,15,17,21,23,27,29,33,35,39,41,46,48,83H,6-8,10,12-14,16,18-20,22,24-26,28,30-32,34,36-38,40,42-45,47,49-82H2,1-5H3/b11-9-,17-15-,23-21-,29-27-,35-33-,41-39-,48-46-. The molecule has 554 valence electrons. The third kappa shape index (κ3) is 80.1. The summed E-state index contributed by atoms with van der Waals surface area (Å²) in [5, 5.41) is 0. The van der Waals surface area contributed by atoms with Gasteiger partial charge < -0.3 is 27.9 Å². The Kier molecular flexibility index (Phi) is 73.2. The molecule has 0 fully saturated rings. The van der Waals surface area contributed by atoms with Gasteiger partial charge in [0.15, 0.2) is 6.10 Å². The van der Waals surface area contributed by atoms with E-state index >= 15 is 0 Å². The summed E-state index contributed by atoms with van der Waals surface area (Å²) < 4.78 is 34.4. The van der Waals surface area contributed by atoms with Crippen molar-refractivity contribution in [2.24, 2.45) is 0 Å². The number of quaternary nitrogens is 1. The van der Waals surface area contributed by atoms with Crippen molar-refractivity contribution in [3.63, 3.8) is 0 Å². The minimum atomic E-state index is -4.65. The Morgan fingerprint density at radius 3 is 0.895 bits per heavy atom. The first-order chi connectivity index (χ1) is 46.5. The summed E-state index contributed by atoms with van der Waals surface area (Å²) in [5.41, 5.74) is 0. The average Bonchev–Trinajstić information content (AvgIpc) is 2.16. The van der Waals surface area contributed by atoms with Crippen LogP contribution in [0.3, 0.4) is 0 Å². The number of hydrogen-bond acceptors (Lipinski definition) is 8. The molecule has 0 aliphatic carbocycles. The lowest BCUT2D eigenvalue weighted by Gasteiger charge is -2.28. The van der Waals surface area contributed by atoms with Gasteiger partial charge in [0, 0.05) is 12.8 Å². The molecule has 0 aromatic carbocycles. The highest BCUT2D eigenvalue weighted by atomic mass is 31.2. The van der Waals surface area contributed by atoms with Crippen LogP contribution < -0.4 is 4.89 Å². The van der Waals surface area contributed by atoms with Crippen molar-refractivity contribution in [1.29, 1.82) is 0 Å². The van der Waals surface area contributed by atoms with Crippen LogP contribution in [0.1, 0.15) is 393 Å². The van der Waals surface area contributed by atoms with Gasteiger partial charge in [-0.3, -0.25) is 14.2 Å². The van der Waals surface area contributed by atoms with Crippen molar-refractivity contribution in [2.45, 2.75) is 399 Å². The van der Waals surface area contributed by atoms with Crippen LogP contribution in [-0.4, -0.2) is 70.0 Å². The van der Waals surface area contributed by atoms with Crippen molar-refractivity contribution in [1.82, 2.24) is 0 Å². The Bertz CT molecular complexity index is 1880. The summed E-state index contributed by atoms with van der Waals surface area (Å²) in [6.07, 6.45) is 104. The van der Waals surface area contributed by atoms with E-state index in [-0.39, 0.29) is 32.0 Å². The van der Waals surface area contributed by atoms with E-state index in [1.165, 1.54) is 276 Å². The summed E-state index contributed by atoms with van der Waals surface area (Å²) in [6.45, 7) is 4.19. The molecule has 0 aliphatic rings.